The van der Waals surface area contributed by atoms with Crippen LogP contribution in [0.3, 0.4) is 0 Å². The Kier molecular flexibility index (Phi) is 6.54. The number of oxime groups is 1. The minimum Gasteiger partial charge on any atom is -0.431 e. The molecule has 186 valence electrons. The highest BCUT2D eigenvalue weighted by molar-refractivity contribution is 5.85. The molecule has 6 nitrogen and oxygen atoms in total. The monoisotopic (exact) mass is 460 g/mol. The Morgan fingerprint density at radius 2 is 1.82 bits per heavy atom. The van der Waals surface area contributed by atoms with Gasteiger partial charge in [0.1, 0.15) is 6.61 Å². The highest BCUT2D eigenvalue weighted by Crippen LogP contribution is 2.67. The van der Waals surface area contributed by atoms with E-state index in [9.17, 15) is 9.90 Å². The van der Waals surface area contributed by atoms with Crippen molar-refractivity contribution in [1.82, 2.24) is 5.32 Å². The molecule has 1 unspecified atom stereocenters. The van der Waals surface area contributed by atoms with Crippen molar-refractivity contribution in [2.45, 2.75) is 104 Å². The van der Waals surface area contributed by atoms with Crippen LogP contribution in [-0.2, 0) is 9.57 Å². The summed E-state index contributed by atoms with van der Waals surface area (Å²) in [5, 5.41) is 17.9. The first kappa shape index (κ1) is 23.6. The third-order valence-corrected chi connectivity index (χ3v) is 11.0. The van der Waals surface area contributed by atoms with Crippen molar-refractivity contribution < 1.29 is 19.5 Å². The second kappa shape index (κ2) is 9.14. The van der Waals surface area contributed by atoms with E-state index >= 15 is 0 Å². The number of rotatable bonds is 4. The summed E-state index contributed by atoms with van der Waals surface area (Å²) < 4.78 is 5.26. The van der Waals surface area contributed by atoms with Crippen LogP contribution in [0.5, 0.6) is 0 Å². The molecule has 5 aliphatic rings. The summed E-state index contributed by atoms with van der Waals surface area (Å²) in [5.74, 6) is 3.41. The van der Waals surface area contributed by atoms with Gasteiger partial charge in [0.2, 0.25) is 0 Å². The van der Waals surface area contributed by atoms with Crippen molar-refractivity contribution in [3.63, 3.8) is 0 Å². The summed E-state index contributed by atoms with van der Waals surface area (Å²) >= 11 is 0. The summed E-state index contributed by atoms with van der Waals surface area (Å²) in [6.07, 6.45) is 12.1. The molecule has 0 aromatic heterocycles. The Labute approximate surface area is 199 Å². The molecular weight excluding hydrogens is 416 g/mol. The molecule has 9 atom stereocenters. The average molecular weight is 461 g/mol. The summed E-state index contributed by atoms with van der Waals surface area (Å²) in [6, 6.07) is 0.247. The second-order valence-corrected chi connectivity index (χ2v) is 12.4. The zero-order valence-corrected chi connectivity index (χ0v) is 20.9. The van der Waals surface area contributed by atoms with Crippen molar-refractivity contribution in [2.24, 2.45) is 45.6 Å². The number of carbonyl (C=O) groups is 1. The van der Waals surface area contributed by atoms with Crippen LogP contribution < -0.4 is 5.32 Å². The lowest BCUT2D eigenvalue weighted by molar-refractivity contribution is -0.123. The molecule has 0 bridgehead atoms. The first-order valence-electron chi connectivity index (χ1n) is 13.6. The predicted molar refractivity (Wildman–Crippen MR) is 128 cm³/mol. The Morgan fingerprint density at radius 3 is 2.61 bits per heavy atom. The van der Waals surface area contributed by atoms with Crippen LogP contribution in [0.1, 0.15) is 91.4 Å². The Balaban J connectivity index is 1.22. The number of aliphatic hydroxyl groups excluding tert-OH is 1. The first-order chi connectivity index (χ1) is 15.8. The molecule has 1 aliphatic heterocycles. The number of fused-ring (bicyclic) bond motifs is 5. The van der Waals surface area contributed by atoms with Gasteiger partial charge in [0.15, 0.2) is 0 Å². The van der Waals surface area contributed by atoms with Crippen LogP contribution in [0, 0.1) is 40.4 Å². The van der Waals surface area contributed by atoms with Gasteiger partial charge in [0.25, 0.3) is 0 Å². The standard InChI is InChI=1S/C27H44N2O4/c1-17(29-33-25(31)32-16-19-5-4-14-28-19)22-8-9-23-21-7-6-18-15-20(30)10-12-26(18,2)24(21)11-13-27(22,23)3/h18-24,28,30H,4-16H2,1-3H3/b29-17+/t18-,19?,20+,21+,22-,23+,24+,26+,27-/m1/s1. The van der Waals surface area contributed by atoms with Gasteiger partial charge in [0.05, 0.1) is 11.8 Å². The Hall–Kier alpha value is -1.14. The second-order valence-electron chi connectivity index (χ2n) is 12.4. The van der Waals surface area contributed by atoms with Crippen LogP contribution in [0.2, 0.25) is 0 Å². The van der Waals surface area contributed by atoms with Crippen LogP contribution in [0.25, 0.3) is 0 Å². The summed E-state index contributed by atoms with van der Waals surface area (Å²) in [7, 11) is 0. The normalized spacial score (nSPS) is 47.4. The number of hydrogen-bond acceptors (Lipinski definition) is 6. The number of nitrogens with zero attached hydrogens (tertiary/aromatic N) is 1. The number of carbonyl (C=O) groups excluding carboxylic acids is 1. The molecule has 4 saturated carbocycles. The van der Waals surface area contributed by atoms with E-state index in [1.165, 1.54) is 38.5 Å². The number of aliphatic hydroxyl groups is 1. The SMILES string of the molecule is C/C(=N\OC(=O)OCC1CCCN1)[C@H]1CC[C@H]2[C@@H]3CC[C@@H]4C[C@@H](O)CC[C@]4(C)[C@H]3CC[C@]12C. The van der Waals surface area contributed by atoms with Gasteiger partial charge in [-0.15, -0.1) is 0 Å². The lowest BCUT2D eigenvalue weighted by Gasteiger charge is -2.61. The van der Waals surface area contributed by atoms with E-state index < -0.39 is 6.16 Å². The van der Waals surface area contributed by atoms with Gasteiger partial charge in [-0.05, 0) is 119 Å². The molecule has 0 aromatic carbocycles. The molecule has 6 heteroatoms. The summed E-state index contributed by atoms with van der Waals surface area (Å²) in [6.45, 7) is 8.41. The first-order valence-corrected chi connectivity index (χ1v) is 13.6. The Morgan fingerprint density at radius 1 is 1.03 bits per heavy atom. The lowest BCUT2D eigenvalue weighted by atomic mass is 9.44. The molecule has 2 N–H and O–H groups in total. The van der Waals surface area contributed by atoms with Crippen LogP contribution >= 0.6 is 0 Å². The maximum absolute atomic E-state index is 12.1. The van der Waals surface area contributed by atoms with Crippen molar-refractivity contribution in [1.29, 1.82) is 0 Å². The Bertz CT molecular complexity index is 765. The average Bonchev–Trinajstić information content (AvgIpc) is 3.44. The van der Waals surface area contributed by atoms with E-state index in [0.717, 1.165) is 62.1 Å². The van der Waals surface area contributed by atoms with Crippen molar-refractivity contribution in [3.05, 3.63) is 0 Å². The summed E-state index contributed by atoms with van der Waals surface area (Å²) in [4.78, 5) is 17.2. The quantitative estimate of drug-likeness (QED) is 0.258. The van der Waals surface area contributed by atoms with E-state index in [-0.39, 0.29) is 17.6 Å². The lowest BCUT2D eigenvalue weighted by Crippen LogP contribution is -2.54. The molecular formula is C27H44N2O4. The zero-order chi connectivity index (χ0) is 23.2. The molecule has 1 saturated heterocycles. The fraction of sp³-hybridized carbons (Fsp3) is 0.926. The molecule has 0 aromatic rings. The fourth-order valence-corrected chi connectivity index (χ4v) is 9.19. The van der Waals surface area contributed by atoms with Gasteiger partial charge in [-0.1, -0.05) is 19.0 Å². The molecule has 0 spiro atoms. The van der Waals surface area contributed by atoms with Crippen molar-refractivity contribution in [3.8, 4) is 0 Å². The van der Waals surface area contributed by atoms with Gasteiger partial charge in [-0.3, -0.25) is 4.84 Å². The molecule has 5 rings (SSSR count). The zero-order valence-electron chi connectivity index (χ0n) is 20.9. The van der Waals surface area contributed by atoms with Gasteiger partial charge in [-0.25, -0.2) is 4.79 Å². The van der Waals surface area contributed by atoms with Crippen molar-refractivity contribution in [2.75, 3.05) is 13.2 Å². The number of nitrogens with one attached hydrogen (secondary N) is 1. The van der Waals surface area contributed by atoms with Gasteiger partial charge < -0.3 is 15.2 Å². The predicted octanol–water partition coefficient (Wildman–Crippen LogP) is 5.29. The third kappa shape index (κ3) is 4.24. The summed E-state index contributed by atoms with van der Waals surface area (Å²) in [5.41, 5.74) is 1.61. The van der Waals surface area contributed by atoms with E-state index in [1.807, 2.05) is 6.92 Å². The highest BCUT2D eigenvalue weighted by atomic mass is 16.8. The van der Waals surface area contributed by atoms with E-state index in [2.05, 4.69) is 24.3 Å². The smallest absolute Gasteiger partial charge is 0.431 e. The van der Waals surface area contributed by atoms with E-state index in [1.54, 1.807) is 0 Å². The van der Waals surface area contributed by atoms with E-state index in [4.69, 9.17) is 9.57 Å². The van der Waals surface area contributed by atoms with Crippen LogP contribution in [0.4, 0.5) is 4.79 Å². The minimum absolute atomic E-state index is 0.0793. The van der Waals surface area contributed by atoms with E-state index in [0.29, 0.717) is 23.9 Å². The fourth-order valence-electron chi connectivity index (χ4n) is 9.19. The van der Waals surface area contributed by atoms with Crippen LogP contribution in [0.15, 0.2) is 5.16 Å². The molecule has 0 amide bonds. The molecule has 4 aliphatic carbocycles. The maximum Gasteiger partial charge on any atom is 0.535 e. The van der Waals surface area contributed by atoms with Gasteiger partial charge in [0, 0.05) is 12.0 Å². The van der Waals surface area contributed by atoms with Gasteiger partial charge in [-0.2, -0.15) is 0 Å². The maximum atomic E-state index is 12.1. The highest BCUT2D eigenvalue weighted by Gasteiger charge is 2.60. The minimum atomic E-state index is -0.683. The molecule has 0 radical (unpaired) electrons. The number of hydrogen-bond donors (Lipinski definition) is 2. The molecule has 1 heterocycles. The topological polar surface area (TPSA) is 80.2 Å². The third-order valence-electron chi connectivity index (χ3n) is 11.0. The van der Waals surface area contributed by atoms with Crippen LogP contribution in [-0.4, -0.2) is 42.3 Å². The molecule has 5 fully saturated rings. The van der Waals surface area contributed by atoms with Gasteiger partial charge >= 0.3 is 6.16 Å². The number of ether oxygens (including phenoxy) is 1. The largest absolute Gasteiger partial charge is 0.535 e. The van der Waals surface area contributed by atoms with Crippen molar-refractivity contribution >= 4 is 11.9 Å². The molecule has 33 heavy (non-hydrogen) atoms.